The van der Waals surface area contributed by atoms with E-state index in [2.05, 4.69) is 20.7 Å². The Kier molecular flexibility index (Phi) is 3.43. The number of halogens is 1. The predicted molar refractivity (Wildman–Crippen MR) is 64.7 cm³/mol. The summed E-state index contributed by atoms with van der Waals surface area (Å²) in [6, 6.07) is 0. The van der Waals surface area contributed by atoms with Gasteiger partial charge in [-0.05, 0) is 25.7 Å². The largest absolute Gasteiger partial charge is 0.215 e. The van der Waals surface area contributed by atoms with Crippen LogP contribution in [-0.2, 0) is 10.0 Å². The van der Waals surface area contributed by atoms with Crippen molar-refractivity contribution in [2.75, 3.05) is 5.33 Å². The maximum Gasteiger partial charge on any atom is 0.215 e. The van der Waals surface area contributed by atoms with Crippen LogP contribution < -0.4 is 4.72 Å². The average molecular weight is 296 g/mol. The van der Waals surface area contributed by atoms with Crippen molar-refractivity contribution in [3.8, 4) is 0 Å². The molecule has 2 saturated carbocycles. The van der Waals surface area contributed by atoms with E-state index in [1.54, 1.807) is 0 Å². The molecule has 0 bridgehead atoms. The number of alkyl halides is 1. The third-order valence-electron chi connectivity index (χ3n) is 3.39. The van der Waals surface area contributed by atoms with Crippen molar-refractivity contribution in [1.82, 2.24) is 4.72 Å². The van der Waals surface area contributed by atoms with Gasteiger partial charge >= 0.3 is 0 Å². The van der Waals surface area contributed by atoms with Crippen molar-refractivity contribution in [1.29, 1.82) is 0 Å². The van der Waals surface area contributed by atoms with Gasteiger partial charge in [0.25, 0.3) is 0 Å². The summed E-state index contributed by atoms with van der Waals surface area (Å²) >= 11 is 3.46. The zero-order valence-electron chi connectivity index (χ0n) is 8.84. The van der Waals surface area contributed by atoms with Crippen molar-refractivity contribution >= 4 is 26.0 Å². The first-order valence-corrected chi connectivity index (χ1v) is 8.34. The second kappa shape index (κ2) is 4.34. The van der Waals surface area contributed by atoms with Crippen LogP contribution in [0.1, 0.15) is 44.9 Å². The van der Waals surface area contributed by atoms with Crippen molar-refractivity contribution in [2.24, 2.45) is 0 Å². The minimum Gasteiger partial charge on any atom is -0.212 e. The molecule has 0 heterocycles. The summed E-state index contributed by atoms with van der Waals surface area (Å²) in [5, 5.41) is 0.640. The van der Waals surface area contributed by atoms with Crippen LogP contribution in [0.4, 0.5) is 0 Å². The summed E-state index contributed by atoms with van der Waals surface area (Å²) in [6.07, 6.45) is 7.15. The van der Waals surface area contributed by atoms with E-state index < -0.39 is 10.0 Å². The van der Waals surface area contributed by atoms with Crippen LogP contribution in [-0.4, -0.2) is 24.5 Å². The molecule has 0 aliphatic heterocycles. The predicted octanol–water partition coefficient (Wildman–Crippen LogP) is 2.17. The van der Waals surface area contributed by atoms with Crippen molar-refractivity contribution < 1.29 is 8.42 Å². The molecule has 0 atom stereocenters. The summed E-state index contributed by atoms with van der Waals surface area (Å²) in [7, 11) is -3.04. The Morgan fingerprint density at radius 1 is 1.20 bits per heavy atom. The highest BCUT2D eigenvalue weighted by molar-refractivity contribution is 9.09. The van der Waals surface area contributed by atoms with E-state index in [1.165, 1.54) is 6.42 Å². The molecule has 15 heavy (non-hydrogen) atoms. The van der Waals surface area contributed by atoms with E-state index in [1.807, 2.05) is 0 Å². The lowest BCUT2D eigenvalue weighted by molar-refractivity contribution is 0.301. The average Bonchev–Trinajstić information content (AvgIpc) is 3.02. The molecule has 0 spiro atoms. The molecule has 0 radical (unpaired) electrons. The first-order chi connectivity index (χ1) is 7.08. The molecule has 5 heteroatoms. The fourth-order valence-corrected chi connectivity index (χ4v) is 4.94. The fourth-order valence-electron chi connectivity index (χ4n) is 2.25. The van der Waals surface area contributed by atoms with Gasteiger partial charge in [-0.15, -0.1) is 0 Å². The first kappa shape index (κ1) is 11.9. The van der Waals surface area contributed by atoms with Crippen LogP contribution >= 0.6 is 15.9 Å². The molecule has 3 nitrogen and oxygen atoms in total. The molecule has 2 fully saturated rings. The van der Waals surface area contributed by atoms with Gasteiger partial charge < -0.3 is 0 Å². The van der Waals surface area contributed by atoms with E-state index in [0.29, 0.717) is 0 Å². The highest BCUT2D eigenvalue weighted by Gasteiger charge is 2.42. The summed E-state index contributed by atoms with van der Waals surface area (Å²) < 4.78 is 26.7. The van der Waals surface area contributed by atoms with Crippen LogP contribution in [0.2, 0.25) is 0 Å². The number of rotatable bonds is 4. The molecule has 2 rings (SSSR count). The fraction of sp³-hybridized carbons (Fsp3) is 1.00. The van der Waals surface area contributed by atoms with Gasteiger partial charge in [0, 0.05) is 10.9 Å². The van der Waals surface area contributed by atoms with E-state index in [4.69, 9.17) is 0 Å². The lowest BCUT2D eigenvalue weighted by Gasteiger charge is -2.36. The molecule has 0 aromatic rings. The van der Waals surface area contributed by atoms with E-state index in [0.717, 1.165) is 43.9 Å². The van der Waals surface area contributed by atoms with Gasteiger partial charge in [0.05, 0.1) is 5.25 Å². The summed E-state index contributed by atoms with van der Waals surface area (Å²) in [6.45, 7) is 0. The maximum absolute atomic E-state index is 11.9. The smallest absolute Gasteiger partial charge is 0.212 e. The molecule has 2 aliphatic rings. The molecule has 2 aliphatic carbocycles. The second-order valence-corrected chi connectivity index (χ2v) is 7.34. The quantitative estimate of drug-likeness (QED) is 0.808. The standard InChI is InChI=1S/C10H18BrNO2S/c11-8-10(6-2-1-3-7-10)12-15(13,14)9-4-5-9/h9,12H,1-8H2. The Labute approximate surface area is 100 Å². The van der Waals surface area contributed by atoms with Crippen LogP contribution in [0.25, 0.3) is 0 Å². The maximum atomic E-state index is 11.9. The van der Waals surface area contributed by atoms with Crippen molar-refractivity contribution in [2.45, 2.75) is 55.7 Å². The van der Waals surface area contributed by atoms with E-state index >= 15 is 0 Å². The Hall–Kier alpha value is 0.390. The second-order valence-electron chi connectivity index (χ2n) is 4.82. The summed E-state index contributed by atoms with van der Waals surface area (Å²) in [5.41, 5.74) is -0.195. The molecular formula is C10H18BrNO2S. The van der Waals surface area contributed by atoms with Crippen molar-refractivity contribution in [3.63, 3.8) is 0 Å². The third kappa shape index (κ3) is 2.74. The van der Waals surface area contributed by atoms with E-state index in [-0.39, 0.29) is 10.8 Å². The summed E-state index contributed by atoms with van der Waals surface area (Å²) in [5.74, 6) is 0. The van der Waals surface area contributed by atoms with Gasteiger partial charge in [0.2, 0.25) is 10.0 Å². The third-order valence-corrected chi connectivity index (χ3v) is 6.53. The highest BCUT2D eigenvalue weighted by atomic mass is 79.9. The number of hydrogen-bond donors (Lipinski definition) is 1. The number of sulfonamides is 1. The van der Waals surface area contributed by atoms with Gasteiger partial charge in [-0.3, -0.25) is 0 Å². The molecule has 0 aromatic carbocycles. The van der Waals surface area contributed by atoms with Crippen LogP contribution in [0.5, 0.6) is 0 Å². The molecule has 0 saturated heterocycles. The lowest BCUT2D eigenvalue weighted by Crippen LogP contribution is -2.52. The van der Waals surface area contributed by atoms with Crippen molar-refractivity contribution in [3.05, 3.63) is 0 Å². The molecule has 88 valence electrons. The van der Waals surface area contributed by atoms with Gasteiger partial charge in [0.15, 0.2) is 0 Å². The van der Waals surface area contributed by atoms with Gasteiger partial charge in [-0.25, -0.2) is 13.1 Å². The Balaban J connectivity index is 2.06. The zero-order valence-corrected chi connectivity index (χ0v) is 11.2. The molecular weight excluding hydrogens is 278 g/mol. The van der Waals surface area contributed by atoms with Gasteiger partial charge in [-0.2, -0.15) is 0 Å². The first-order valence-electron chi connectivity index (χ1n) is 5.67. The minimum atomic E-state index is -3.04. The topological polar surface area (TPSA) is 46.2 Å². The lowest BCUT2D eigenvalue weighted by atomic mass is 9.84. The normalized spacial score (nSPS) is 26.5. The Morgan fingerprint density at radius 2 is 1.80 bits per heavy atom. The number of hydrogen-bond acceptors (Lipinski definition) is 2. The molecule has 0 aromatic heterocycles. The van der Waals surface area contributed by atoms with Crippen LogP contribution in [0.3, 0.4) is 0 Å². The Morgan fingerprint density at radius 3 is 2.27 bits per heavy atom. The summed E-state index contributed by atoms with van der Waals surface area (Å²) in [4.78, 5) is 0. The minimum absolute atomic E-state index is 0.102. The Bertz CT molecular complexity index is 318. The van der Waals surface area contributed by atoms with Gasteiger partial charge in [-0.1, -0.05) is 35.2 Å². The highest BCUT2D eigenvalue weighted by Crippen LogP contribution is 2.34. The number of nitrogens with one attached hydrogen (secondary N) is 1. The van der Waals surface area contributed by atoms with Crippen LogP contribution in [0, 0.1) is 0 Å². The molecule has 0 amide bonds. The molecule has 0 unspecified atom stereocenters. The van der Waals surface area contributed by atoms with Crippen LogP contribution in [0.15, 0.2) is 0 Å². The molecule has 1 N–H and O–H groups in total. The monoisotopic (exact) mass is 295 g/mol. The zero-order chi connectivity index (χ0) is 10.9. The van der Waals surface area contributed by atoms with E-state index in [9.17, 15) is 8.42 Å². The van der Waals surface area contributed by atoms with Gasteiger partial charge in [0.1, 0.15) is 0 Å². The SMILES string of the molecule is O=S(=O)(NC1(CBr)CCCCC1)C1CC1.